The van der Waals surface area contributed by atoms with Crippen LogP contribution >= 0.6 is 0 Å². The summed E-state index contributed by atoms with van der Waals surface area (Å²) in [4.78, 5) is 11.6. The van der Waals surface area contributed by atoms with Crippen LogP contribution in [-0.2, 0) is 17.4 Å². The van der Waals surface area contributed by atoms with E-state index in [2.05, 4.69) is 55.7 Å². The van der Waals surface area contributed by atoms with Crippen LogP contribution in [0.3, 0.4) is 0 Å². The predicted octanol–water partition coefficient (Wildman–Crippen LogP) is 4.65. The molecular formula is C27H37F2N3O2. The summed E-state index contributed by atoms with van der Waals surface area (Å²) in [6.45, 7) is 6.76. The Morgan fingerprint density at radius 3 is 2.32 bits per heavy atom. The molecule has 0 aromatic heterocycles. The zero-order chi connectivity index (χ0) is 24.9. The molecule has 2 amide bonds. The van der Waals surface area contributed by atoms with Crippen molar-refractivity contribution in [2.45, 2.75) is 82.4 Å². The van der Waals surface area contributed by atoms with E-state index in [9.17, 15) is 18.7 Å². The fourth-order valence-electron chi connectivity index (χ4n) is 4.90. The second-order valence-electron chi connectivity index (χ2n) is 10.5. The van der Waals surface area contributed by atoms with E-state index in [4.69, 9.17) is 5.73 Å². The molecule has 34 heavy (non-hydrogen) atoms. The Kier molecular flexibility index (Phi) is 8.31. The van der Waals surface area contributed by atoms with Crippen LogP contribution in [-0.4, -0.2) is 29.8 Å². The number of carbonyl (C=O) groups is 1. The lowest BCUT2D eigenvalue weighted by Crippen LogP contribution is -2.54. The maximum atomic E-state index is 13.7. The molecule has 1 aliphatic rings. The number of benzene rings is 2. The third kappa shape index (κ3) is 6.76. The summed E-state index contributed by atoms with van der Waals surface area (Å²) in [5.74, 6) is -1.42. The first-order valence-corrected chi connectivity index (χ1v) is 12.0. The SMILES string of the molecule is CC(C)(C)c1cccc(C2(NC[C@@H](O)[C@H](Cc3cc(F)cc(F)c3)NC(N)=O)CCCCC2)c1. The molecular weight excluding hydrogens is 436 g/mol. The Hall–Kier alpha value is -2.51. The molecule has 2 atom stereocenters. The van der Waals surface area contributed by atoms with Gasteiger partial charge in [-0.3, -0.25) is 0 Å². The van der Waals surface area contributed by atoms with Gasteiger partial charge in [0.15, 0.2) is 0 Å². The summed E-state index contributed by atoms with van der Waals surface area (Å²) < 4.78 is 27.3. The minimum absolute atomic E-state index is 0.0160. The van der Waals surface area contributed by atoms with Crippen LogP contribution in [0.25, 0.3) is 0 Å². The average Bonchev–Trinajstić information content (AvgIpc) is 2.76. The van der Waals surface area contributed by atoms with E-state index in [1.54, 1.807) is 0 Å². The number of aliphatic hydroxyl groups is 1. The fraction of sp³-hybridized carbons (Fsp3) is 0.519. The van der Waals surface area contributed by atoms with Crippen molar-refractivity contribution >= 4 is 6.03 Å². The smallest absolute Gasteiger partial charge is 0.312 e. The molecule has 0 radical (unpaired) electrons. The lowest BCUT2D eigenvalue weighted by molar-refractivity contribution is 0.106. The number of halogens is 2. The standard InChI is InChI=1S/C27H37F2N3O2/c1-26(2,3)19-8-7-9-20(15-19)27(10-5-4-6-11-27)31-17-24(33)23(32-25(30)34)14-18-12-21(28)16-22(29)13-18/h7-9,12-13,15-16,23-24,31,33H,4-6,10-11,14,17H2,1-3H3,(H3,30,32,34)/t23-,24+/m0/s1. The van der Waals surface area contributed by atoms with Crippen molar-refractivity contribution in [1.29, 1.82) is 0 Å². The second kappa shape index (κ2) is 10.8. The highest BCUT2D eigenvalue weighted by Crippen LogP contribution is 2.38. The number of amides is 2. The maximum Gasteiger partial charge on any atom is 0.312 e. The third-order valence-electron chi connectivity index (χ3n) is 6.81. The van der Waals surface area contributed by atoms with Gasteiger partial charge in [-0.1, -0.05) is 64.3 Å². The van der Waals surface area contributed by atoms with Crippen molar-refractivity contribution < 1.29 is 18.7 Å². The van der Waals surface area contributed by atoms with Gasteiger partial charge in [-0.25, -0.2) is 13.6 Å². The predicted molar refractivity (Wildman–Crippen MR) is 130 cm³/mol. The second-order valence-corrected chi connectivity index (χ2v) is 10.5. The Balaban J connectivity index is 1.80. The van der Waals surface area contributed by atoms with Gasteiger partial charge >= 0.3 is 6.03 Å². The van der Waals surface area contributed by atoms with E-state index >= 15 is 0 Å². The van der Waals surface area contributed by atoms with Crippen LogP contribution in [0.5, 0.6) is 0 Å². The molecule has 2 aromatic rings. The van der Waals surface area contributed by atoms with Gasteiger partial charge in [0.1, 0.15) is 11.6 Å². The first kappa shape index (κ1) is 26.1. The molecule has 1 fully saturated rings. The molecule has 0 bridgehead atoms. The molecule has 1 aliphatic carbocycles. The van der Waals surface area contributed by atoms with Gasteiger partial charge in [-0.15, -0.1) is 0 Å². The van der Waals surface area contributed by atoms with E-state index in [-0.39, 0.29) is 23.9 Å². The minimum Gasteiger partial charge on any atom is -0.390 e. The van der Waals surface area contributed by atoms with Crippen LogP contribution in [0.1, 0.15) is 69.6 Å². The quantitative estimate of drug-likeness (QED) is 0.450. The summed E-state index contributed by atoms with van der Waals surface area (Å²) in [5.41, 5.74) is 7.83. The number of rotatable bonds is 8. The molecule has 3 rings (SSSR count). The third-order valence-corrected chi connectivity index (χ3v) is 6.81. The van der Waals surface area contributed by atoms with Gasteiger partial charge in [-0.2, -0.15) is 0 Å². The molecule has 0 saturated heterocycles. The van der Waals surface area contributed by atoms with E-state index in [1.807, 2.05) is 0 Å². The van der Waals surface area contributed by atoms with Gasteiger partial charge in [-0.05, 0) is 53.5 Å². The Morgan fingerprint density at radius 1 is 1.09 bits per heavy atom. The number of nitrogens with two attached hydrogens (primary N) is 1. The molecule has 0 heterocycles. The Morgan fingerprint density at radius 2 is 1.74 bits per heavy atom. The number of hydrogen-bond acceptors (Lipinski definition) is 3. The van der Waals surface area contributed by atoms with Crippen LogP contribution in [0.4, 0.5) is 13.6 Å². The van der Waals surface area contributed by atoms with Crippen molar-refractivity contribution in [2.24, 2.45) is 5.73 Å². The monoisotopic (exact) mass is 473 g/mol. The fourth-order valence-corrected chi connectivity index (χ4v) is 4.90. The van der Waals surface area contributed by atoms with E-state index in [0.717, 1.165) is 31.7 Å². The zero-order valence-corrected chi connectivity index (χ0v) is 20.3. The number of primary amides is 1. The topological polar surface area (TPSA) is 87.4 Å². The lowest BCUT2D eigenvalue weighted by atomic mass is 9.74. The molecule has 2 aromatic carbocycles. The zero-order valence-electron chi connectivity index (χ0n) is 20.3. The van der Waals surface area contributed by atoms with Gasteiger partial charge < -0.3 is 21.5 Å². The Labute approximate surface area is 201 Å². The first-order valence-electron chi connectivity index (χ1n) is 12.0. The van der Waals surface area contributed by atoms with E-state index in [1.165, 1.54) is 29.7 Å². The molecule has 5 N–H and O–H groups in total. The van der Waals surface area contributed by atoms with Crippen molar-refractivity contribution in [3.63, 3.8) is 0 Å². The maximum absolute atomic E-state index is 13.7. The van der Waals surface area contributed by atoms with Crippen molar-refractivity contribution in [3.05, 3.63) is 70.8 Å². The molecule has 5 nitrogen and oxygen atoms in total. The normalized spacial score (nSPS) is 17.7. The number of urea groups is 1. The van der Waals surface area contributed by atoms with E-state index < -0.39 is 29.8 Å². The summed E-state index contributed by atoms with van der Waals surface area (Å²) in [6, 6.07) is 10.2. The van der Waals surface area contributed by atoms with Gasteiger partial charge in [0.05, 0.1) is 12.1 Å². The molecule has 0 aliphatic heterocycles. The minimum atomic E-state index is -1.01. The average molecular weight is 474 g/mol. The summed E-state index contributed by atoms with van der Waals surface area (Å²) >= 11 is 0. The number of aliphatic hydroxyl groups excluding tert-OH is 1. The van der Waals surface area contributed by atoms with Gasteiger partial charge in [0, 0.05) is 18.2 Å². The van der Waals surface area contributed by atoms with Gasteiger partial charge in [0.25, 0.3) is 0 Å². The highest BCUT2D eigenvalue weighted by atomic mass is 19.1. The van der Waals surface area contributed by atoms with Crippen LogP contribution in [0.2, 0.25) is 0 Å². The van der Waals surface area contributed by atoms with Gasteiger partial charge in [0.2, 0.25) is 0 Å². The van der Waals surface area contributed by atoms with Crippen LogP contribution in [0.15, 0.2) is 42.5 Å². The summed E-state index contributed by atoms with van der Waals surface area (Å²) in [5, 5.41) is 17.2. The van der Waals surface area contributed by atoms with E-state index in [0.29, 0.717) is 5.56 Å². The highest BCUT2D eigenvalue weighted by molar-refractivity contribution is 5.72. The van der Waals surface area contributed by atoms with Crippen molar-refractivity contribution in [1.82, 2.24) is 10.6 Å². The molecule has 0 unspecified atom stereocenters. The molecule has 0 spiro atoms. The number of hydrogen-bond donors (Lipinski definition) is 4. The Bertz CT molecular complexity index is 964. The first-order chi connectivity index (χ1) is 16.0. The molecule has 7 heteroatoms. The molecule has 186 valence electrons. The largest absolute Gasteiger partial charge is 0.390 e. The van der Waals surface area contributed by atoms with Crippen molar-refractivity contribution in [2.75, 3.05) is 6.54 Å². The number of nitrogens with one attached hydrogen (secondary N) is 2. The summed E-state index contributed by atoms with van der Waals surface area (Å²) in [7, 11) is 0. The van der Waals surface area contributed by atoms with Crippen LogP contribution in [0, 0.1) is 11.6 Å². The van der Waals surface area contributed by atoms with Crippen molar-refractivity contribution in [3.8, 4) is 0 Å². The lowest BCUT2D eigenvalue weighted by Gasteiger charge is -2.41. The summed E-state index contributed by atoms with van der Waals surface area (Å²) in [6.07, 6.45) is 4.24. The van der Waals surface area contributed by atoms with Crippen LogP contribution < -0.4 is 16.4 Å². The number of carbonyl (C=O) groups excluding carboxylic acids is 1. The molecule has 1 saturated carbocycles. The highest BCUT2D eigenvalue weighted by Gasteiger charge is 2.35.